The van der Waals surface area contributed by atoms with Crippen molar-refractivity contribution in [3.05, 3.63) is 24.1 Å². The molecule has 17 heavy (non-hydrogen) atoms. The van der Waals surface area contributed by atoms with E-state index in [2.05, 4.69) is 9.71 Å². The largest absolute Gasteiger partial charge is 0.388 e. The van der Waals surface area contributed by atoms with Gasteiger partial charge < -0.3 is 5.73 Å². The molecule has 1 aromatic rings. The Morgan fingerprint density at radius 1 is 1.59 bits per heavy atom. The van der Waals surface area contributed by atoms with Crippen LogP contribution in [0.4, 0.5) is 4.39 Å². The molecule has 0 saturated carbocycles. The van der Waals surface area contributed by atoms with Gasteiger partial charge in [-0.05, 0) is 18.6 Å². The Hall–Kier alpha value is -1.54. The van der Waals surface area contributed by atoms with Gasteiger partial charge in [-0.3, -0.25) is 5.41 Å². The van der Waals surface area contributed by atoms with Gasteiger partial charge in [-0.1, -0.05) is 0 Å². The van der Waals surface area contributed by atoms with E-state index in [0.29, 0.717) is 6.42 Å². The average molecular weight is 260 g/mol. The number of hydrogen-bond donors (Lipinski definition) is 3. The summed E-state index contributed by atoms with van der Waals surface area (Å²) in [6, 6.07) is 2.33. The SMILES string of the molecule is N=C(N)CCCNS(=O)(=O)c1ncccc1F. The topological polar surface area (TPSA) is 109 Å². The summed E-state index contributed by atoms with van der Waals surface area (Å²) in [4.78, 5) is 3.47. The molecule has 0 aliphatic rings. The molecule has 94 valence electrons. The minimum atomic E-state index is -3.94. The van der Waals surface area contributed by atoms with Crippen molar-refractivity contribution in [3.8, 4) is 0 Å². The molecular formula is C9H13FN4O2S. The van der Waals surface area contributed by atoms with Gasteiger partial charge in [0.25, 0.3) is 10.0 Å². The molecule has 6 nitrogen and oxygen atoms in total. The maximum Gasteiger partial charge on any atom is 0.261 e. The number of rotatable bonds is 6. The van der Waals surface area contributed by atoms with Crippen LogP contribution in [0.25, 0.3) is 0 Å². The van der Waals surface area contributed by atoms with E-state index in [9.17, 15) is 12.8 Å². The van der Waals surface area contributed by atoms with Crippen LogP contribution in [0.3, 0.4) is 0 Å². The number of sulfonamides is 1. The van der Waals surface area contributed by atoms with Gasteiger partial charge in [0.15, 0.2) is 5.82 Å². The fraction of sp³-hybridized carbons (Fsp3) is 0.333. The highest BCUT2D eigenvalue weighted by atomic mass is 32.2. The van der Waals surface area contributed by atoms with Crippen LogP contribution in [0.2, 0.25) is 0 Å². The van der Waals surface area contributed by atoms with Crippen LogP contribution in [-0.4, -0.2) is 25.8 Å². The molecule has 0 aromatic carbocycles. The highest BCUT2D eigenvalue weighted by Gasteiger charge is 2.19. The molecule has 0 fully saturated rings. The molecule has 4 N–H and O–H groups in total. The quantitative estimate of drug-likeness (QED) is 0.386. The number of nitrogens with zero attached hydrogens (tertiary/aromatic N) is 1. The summed E-state index contributed by atoms with van der Waals surface area (Å²) in [6.45, 7) is 0.0813. The molecule has 0 bridgehead atoms. The first-order valence-corrected chi connectivity index (χ1v) is 6.35. The summed E-state index contributed by atoms with van der Waals surface area (Å²) < 4.78 is 38.6. The molecule has 0 amide bonds. The van der Waals surface area contributed by atoms with E-state index in [1.165, 1.54) is 12.3 Å². The summed E-state index contributed by atoms with van der Waals surface area (Å²) >= 11 is 0. The van der Waals surface area contributed by atoms with Crippen molar-refractivity contribution in [3.63, 3.8) is 0 Å². The van der Waals surface area contributed by atoms with Crippen molar-refractivity contribution in [2.45, 2.75) is 17.9 Å². The van der Waals surface area contributed by atoms with E-state index >= 15 is 0 Å². The Kier molecular flexibility index (Phi) is 4.53. The Morgan fingerprint density at radius 3 is 2.88 bits per heavy atom. The molecule has 1 aromatic heterocycles. The zero-order valence-electron chi connectivity index (χ0n) is 8.98. The van der Waals surface area contributed by atoms with Gasteiger partial charge in [0.1, 0.15) is 0 Å². The summed E-state index contributed by atoms with van der Waals surface area (Å²) in [5.41, 5.74) is 5.11. The maximum atomic E-state index is 13.2. The predicted octanol–water partition coefficient (Wildman–Crippen LogP) is 0.215. The number of amidine groups is 1. The molecular weight excluding hydrogens is 247 g/mol. The van der Waals surface area contributed by atoms with E-state index in [0.717, 1.165) is 6.07 Å². The van der Waals surface area contributed by atoms with Crippen molar-refractivity contribution in [2.75, 3.05) is 6.54 Å². The first kappa shape index (κ1) is 13.5. The second-order valence-electron chi connectivity index (χ2n) is 3.32. The summed E-state index contributed by atoms with van der Waals surface area (Å²) in [5.74, 6) is -0.917. The van der Waals surface area contributed by atoms with Crippen molar-refractivity contribution >= 4 is 15.9 Å². The zero-order valence-corrected chi connectivity index (χ0v) is 9.80. The van der Waals surface area contributed by atoms with Crippen LogP contribution in [0.15, 0.2) is 23.4 Å². The lowest BCUT2D eigenvalue weighted by atomic mass is 10.3. The highest BCUT2D eigenvalue weighted by molar-refractivity contribution is 7.89. The molecule has 0 radical (unpaired) electrons. The van der Waals surface area contributed by atoms with Crippen molar-refractivity contribution in [1.82, 2.24) is 9.71 Å². The summed E-state index contributed by atoms with van der Waals surface area (Å²) in [7, 11) is -3.94. The van der Waals surface area contributed by atoms with Crippen LogP contribution in [0.5, 0.6) is 0 Å². The third-order valence-electron chi connectivity index (χ3n) is 1.89. The molecule has 0 unspecified atom stereocenters. The molecule has 1 rings (SSSR count). The van der Waals surface area contributed by atoms with Gasteiger partial charge in [-0.2, -0.15) is 0 Å². The van der Waals surface area contributed by atoms with Crippen molar-refractivity contribution in [1.29, 1.82) is 5.41 Å². The molecule has 8 heteroatoms. The third kappa shape index (κ3) is 4.08. The standard InChI is InChI=1S/C9H13FN4O2S/c10-7-3-1-5-13-9(7)17(15,16)14-6-2-4-8(11)12/h1,3,5,14H,2,4,6H2,(H3,11,12). The van der Waals surface area contributed by atoms with Gasteiger partial charge in [-0.15, -0.1) is 0 Å². The fourth-order valence-electron chi connectivity index (χ4n) is 1.12. The van der Waals surface area contributed by atoms with E-state index < -0.39 is 20.9 Å². The minimum Gasteiger partial charge on any atom is -0.388 e. The molecule has 0 aliphatic carbocycles. The van der Waals surface area contributed by atoms with E-state index in [1.807, 2.05) is 0 Å². The van der Waals surface area contributed by atoms with Crippen molar-refractivity contribution in [2.24, 2.45) is 5.73 Å². The average Bonchev–Trinajstić information content (AvgIpc) is 2.24. The lowest BCUT2D eigenvalue weighted by Gasteiger charge is -2.06. The molecule has 0 spiro atoms. The van der Waals surface area contributed by atoms with Gasteiger partial charge in [0.2, 0.25) is 5.03 Å². The lowest BCUT2D eigenvalue weighted by molar-refractivity contribution is 0.544. The normalized spacial score (nSPS) is 11.4. The van der Waals surface area contributed by atoms with E-state index in [1.54, 1.807) is 0 Å². The van der Waals surface area contributed by atoms with Gasteiger partial charge in [0.05, 0.1) is 5.84 Å². The van der Waals surface area contributed by atoms with Crippen LogP contribution < -0.4 is 10.5 Å². The monoisotopic (exact) mass is 260 g/mol. The fourth-order valence-corrected chi connectivity index (χ4v) is 2.20. The summed E-state index contributed by atoms with van der Waals surface area (Å²) in [6.07, 6.45) is 1.86. The van der Waals surface area contributed by atoms with Crippen LogP contribution in [0, 0.1) is 11.2 Å². The Balaban J connectivity index is 2.64. The Bertz CT molecular complexity index is 503. The number of aromatic nitrogens is 1. The number of pyridine rings is 1. The lowest BCUT2D eigenvalue weighted by Crippen LogP contribution is -2.27. The van der Waals surface area contributed by atoms with Gasteiger partial charge in [-0.25, -0.2) is 22.5 Å². The van der Waals surface area contributed by atoms with Gasteiger partial charge in [0, 0.05) is 19.2 Å². The molecule has 0 atom stereocenters. The predicted molar refractivity (Wildman–Crippen MR) is 60.5 cm³/mol. The van der Waals surface area contributed by atoms with E-state index in [-0.39, 0.29) is 18.8 Å². The number of halogens is 1. The Labute approximate surface area is 98.6 Å². The first-order chi connectivity index (χ1) is 7.93. The second-order valence-corrected chi connectivity index (χ2v) is 5.00. The first-order valence-electron chi connectivity index (χ1n) is 4.86. The van der Waals surface area contributed by atoms with Gasteiger partial charge >= 0.3 is 0 Å². The zero-order chi connectivity index (χ0) is 12.9. The number of nitrogens with two attached hydrogens (primary N) is 1. The maximum absolute atomic E-state index is 13.2. The highest BCUT2D eigenvalue weighted by Crippen LogP contribution is 2.09. The van der Waals surface area contributed by atoms with Crippen LogP contribution >= 0.6 is 0 Å². The number of hydrogen-bond acceptors (Lipinski definition) is 4. The van der Waals surface area contributed by atoms with Crippen LogP contribution in [0.1, 0.15) is 12.8 Å². The third-order valence-corrected chi connectivity index (χ3v) is 3.29. The molecule has 0 saturated heterocycles. The second kappa shape index (κ2) is 5.69. The van der Waals surface area contributed by atoms with E-state index in [4.69, 9.17) is 11.1 Å². The van der Waals surface area contributed by atoms with Crippen LogP contribution in [-0.2, 0) is 10.0 Å². The molecule has 0 aliphatic heterocycles. The number of nitrogens with one attached hydrogen (secondary N) is 2. The Morgan fingerprint density at radius 2 is 2.29 bits per heavy atom. The van der Waals surface area contributed by atoms with Crippen molar-refractivity contribution < 1.29 is 12.8 Å². The minimum absolute atomic E-state index is 0.0202. The summed E-state index contributed by atoms with van der Waals surface area (Å²) in [5, 5.41) is 6.33. The molecule has 1 heterocycles. The smallest absolute Gasteiger partial charge is 0.261 e.